The SMILES string of the molecule is CC(C)(C)OC(=O)N1CC[C@H](N)c2cc(Cl)cc(F)c2C1. The summed E-state index contributed by atoms with van der Waals surface area (Å²) in [7, 11) is 0. The summed E-state index contributed by atoms with van der Waals surface area (Å²) in [6.45, 7) is 5.94. The van der Waals surface area contributed by atoms with Crippen LogP contribution in [0.15, 0.2) is 12.1 Å². The number of nitrogens with two attached hydrogens (primary N) is 1. The van der Waals surface area contributed by atoms with Crippen LogP contribution in [0.3, 0.4) is 0 Å². The lowest BCUT2D eigenvalue weighted by Gasteiger charge is -2.26. The third-order valence-corrected chi connectivity index (χ3v) is 3.52. The number of ether oxygens (including phenoxy) is 1. The molecule has 2 rings (SSSR count). The number of amides is 1. The fraction of sp³-hybridized carbons (Fsp3) is 0.533. The largest absolute Gasteiger partial charge is 0.444 e. The summed E-state index contributed by atoms with van der Waals surface area (Å²) in [4.78, 5) is 13.7. The van der Waals surface area contributed by atoms with Crippen LogP contribution in [0.1, 0.15) is 44.4 Å². The smallest absolute Gasteiger partial charge is 0.410 e. The number of carbonyl (C=O) groups excluding carboxylic acids is 1. The van der Waals surface area contributed by atoms with Crippen molar-refractivity contribution in [1.82, 2.24) is 4.90 Å². The van der Waals surface area contributed by atoms with Crippen LogP contribution in [0.5, 0.6) is 0 Å². The van der Waals surface area contributed by atoms with Crippen molar-refractivity contribution in [2.75, 3.05) is 6.54 Å². The highest BCUT2D eigenvalue weighted by atomic mass is 35.5. The van der Waals surface area contributed by atoms with Crippen LogP contribution in [-0.2, 0) is 11.3 Å². The van der Waals surface area contributed by atoms with Crippen LogP contribution in [0.2, 0.25) is 5.02 Å². The lowest BCUT2D eigenvalue weighted by atomic mass is 10.00. The second kappa shape index (κ2) is 5.81. The van der Waals surface area contributed by atoms with Gasteiger partial charge in [0.15, 0.2) is 0 Å². The molecule has 1 atom stereocenters. The van der Waals surface area contributed by atoms with E-state index in [1.54, 1.807) is 26.8 Å². The van der Waals surface area contributed by atoms with Gasteiger partial charge in [0, 0.05) is 23.2 Å². The average molecular weight is 315 g/mol. The first-order valence-corrected chi connectivity index (χ1v) is 7.26. The van der Waals surface area contributed by atoms with Crippen molar-refractivity contribution < 1.29 is 13.9 Å². The van der Waals surface area contributed by atoms with E-state index in [1.165, 1.54) is 11.0 Å². The lowest BCUT2D eigenvalue weighted by Crippen LogP contribution is -2.36. The molecule has 1 amide bonds. The Bertz CT molecular complexity index is 557. The monoisotopic (exact) mass is 314 g/mol. The molecule has 1 aromatic carbocycles. The van der Waals surface area contributed by atoms with Crippen LogP contribution in [0.4, 0.5) is 9.18 Å². The van der Waals surface area contributed by atoms with Gasteiger partial charge in [0.1, 0.15) is 11.4 Å². The highest BCUT2D eigenvalue weighted by Crippen LogP contribution is 2.30. The first-order chi connectivity index (χ1) is 9.67. The zero-order valence-corrected chi connectivity index (χ0v) is 13.2. The van der Waals surface area contributed by atoms with Gasteiger partial charge in [-0.2, -0.15) is 0 Å². The minimum absolute atomic E-state index is 0.140. The predicted molar refractivity (Wildman–Crippen MR) is 79.6 cm³/mol. The van der Waals surface area contributed by atoms with E-state index in [9.17, 15) is 9.18 Å². The van der Waals surface area contributed by atoms with Gasteiger partial charge in [-0.3, -0.25) is 0 Å². The summed E-state index contributed by atoms with van der Waals surface area (Å²) in [5.41, 5.74) is 6.55. The van der Waals surface area contributed by atoms with Gasteiger partial charge in [-0.05, 0) is 44.9 Å². The van der Waals surface area contributed by atoms with E-state index in [2.05, 4.69) is 0 Å². The Hall–Kier alpha value is -1.33. The molecule has 0 spiro atoms. The van der Waals surface area contributed by atoms with Crippen molar-refractivity contribution in [3.05, 3.63) is 34.1 Å². The van der Waals surface area contributed by atoms with Gasteiger partial charge in [0.2, 0.25) is 0 Å². The van der Waals surface area contributed by atoms with Crippen LogP contribution in [0, 0.1) is 5.82 Å². The maximum Gasteiger partial charge on any atom is 0.410 e. The van der Waals surface area contributed by atoms with Crippen LogP contribution >= 0.6 is 11.6 Å². The number of hydrogen-bond acceptors (Lipinski definition) is 3. The Morgan fingerprint density at radius 1 is 1.48 bits per heavy atom. The molecule has 0 radical (unpaired) electrons. The summed E-state index contributed by atoms with van der Waals surface area (Å²) < 4.78 is 19.5. The highest BCUT2D eigenvalue weighted by Gasteiger charge is 2.28. The van der Waals surface area contributed by atoms with Gasteiger partial charge in [-0.15, -0.1) is 0 Å². The molecule has 1 aliphatic rings. The van der Waals surface area contributed by atoms with E-state index in [-0.39, 0.29) is 12.6 Å². The number of hydrogen-bond donors (Lipinski definition) is 1. The van der Waals surface area contributed by atoms with Crippen molar-refractivity contribution in [3.63, 3.8) is 0 Å². The molecule has 0 saturated heterocycles. The van der Waals surface area contributed by atoms with Gasteiger partial charge < -0.3 is 15.4 Å². The highest BCUT2D eigenvalue weighted by molar-refractivity contribution is 6.30. The van der Waals surface area contributed by atoms with E-state index in [1.807, 2.05) is 0 Å². The van der Waals surface area contributed by atoms with E-state index < -0.39 is 17.5 Å². The maximum absolute atomic E-state index is 14.1. The lowest BCUT2D eigenvalue weighted by molar-refractivity contribution is 0.0233. The van der Waals surface area contributed by atoms with Crippen molar-refractivity contribution in [2.24, 2.45) is 5.73 Å². The minimum Gasteiger partial charge on any atom is -0.444 e. The number of nitrogens with zero attached hydrogens (tertiary/aromatic N) is 1. The van der Waals surface area contributed by atoms with E-state index in [0.29, 0.717) is 29.1 Å². The van der Waals surface area contributed by atoms with Crippen molar-refractivity contribution in [1.29, 1.82) is 0 Å². The molecule has 0 bridgehead atoms. The number of rotatable bonds is 0. The molecule has 1 aromatic rings. The van der Waals surface area contributed by atoms with Crippen LogP contribution in [0.25, 0.3) is 0 Å². The summed E-state index contributed by atoms with van der Waals surface area (Å²) in [6, 6.07) is 2.57. The second-order valence-electron chi connectivity index (χ2n) is 6.25. The predicted octanol–water partition coefficient (Wildman–Crippen LogP) is 3.62. The third kappa shape index (κ3) is 3.86. The molecule has 0 saturated carbocycles. The average Bonchev–Trinajstić information content (AvgIpc) is 2.48. The topological polar surface area (TPSA) is 55.6 Å². The Morgan fingerprint density at radius 2 is 2.14 bits per heavy atom. The molecule has 2 N–H and O–H groups in total. The summed E-state index contributed by atoms with van der Waals surface area (Å²) in [6.07, 6.45) is 0.0726. The molecule has 0 aliphatic carbocycles. The fourth-order valence-electron chi connectivity index (χ4n) is 2.32. The van der Waals surface area contributed by atoms with Crippen LogP contribution < -0.4 is 5.73 Å². The Labute approximate surface area is 129 Å². The zero-order chi connectivity index (χ0) is 15.8. The molecule has 116 valence electrons. The van der Waals surface area contributed by atoms with Crippen molar-refractivity contribution >= 4 is 17.7 Å². The molecule has 0 aromatic heterocycles. The number of fused-ring (bicyclic) bond motifs is 1. The van der Waals surface area contributed by atoms with Gasteiger partial charge in [0.25, 0.3) is 0 Å². The quantitative estimate of drug-likeness (QED) is 0.795. The fourth-order valence-corrected chi connectivity index (χ4v) is 2.54. The van der Waals surface area contributed by atoms with Crippen molar-refractivity contribution in [2.45, 2.75) is 45.4 Å². The molecule has 4 nitrogen and oxygen atoms in total. The van der Waals surface area contributed by atoms with Crippen LogP contribution in [-0.4, -0.2) is 23.1 Å². The van der Waals surface area contributed by atoms with Crippen molar-refractivity contribution in [3.8, 4) is 0 Å². The molecule has 0 fully saturated rings. The molecule has 21 heavy (non-hydrogen) atoms. The molecular weight excluding hydrogens is 295 g/mol. The molecular formula is C15H20ClFN2O2. The summed E-state index contributed by atoms with van der Waals surface area (Å²) >= 11 is 5.89. The van der Waals surface area contributed by atoms with Gasteiger partial charge in [-0.1, -0.05) is 11.6 Å². The molecule has 0 unspecified atom stereocenters. The van der Waals surface area contributed by atoms with E-state index >= 15 is 0 Å². The second-order valence-corrected chi connectivity index (χ2v) is 6.69. The standard InChI is InChI=1S/C15H20ClFN2O2/c1-15(2,3)21-14(20)19-5-4-13(18)10-6-9(16)7-12(17)11(10)8-19/h6-7,13H,4-5,8,18H2,1-3H3/t13-/m0/s1. The first-order valence-electron chi connectivity index (χ1n) is 6.88. The summed E-state index contributed by atoms with van der Waals surface area (Å²) in [5.74, 6) is -0.441. The van der Waals surface area contributed by atoms with Gasteiger partial charge >= 0.3 is 6.09 Å². The van der Waals surface area contributed by atoms with Gasteiger partial charge in [0.05, 0.1) is 6.54 Å². The Kier molecular flexibility index (Phi) is 4.44. The molecule has 1 aliphatic heterocycles. The Morgan fingerprint density at radius 3 is 2.76 bits per heavy atom. The zero-order valence-electron chi connectivity index (χ0n) is 12.5. The molecule has 6 heteroatoms. The summed E-state index contributed by atoms with van der Waals surface area (Å²) in [5, 5.41) is 0.312. The number of benzene rings is 1. The minimum atomic E-state index is -0.590. The number of carbonyl (C=O) groups is 1. The first kappa shape index (κ1) is 16.0. The molecule has 1 heterocycles. The third-order valence-electron chi connectivity index (χ3n) is 3.30. The maximum atomic E-state index is 14.1. The number of halogens is 2. The van der Waals surface area contributed by atoms with E-state index in [4.69, 9.17) is 22.1 Å². The Balaban J connectivity index is 2.29. The van der Waals surface area contributed by atoms with Gasteiger partial charge in [-0.25, -0.2) is 9.18 Å². The normalized spacial score (nSPS) is 19.0. The van der Waals surface area contributed by atoms with E-state index in [0.717, 1.165) is 0 Å².